The Kier molecular flexibility index (Phi) is 18.7. The zero-order chi connectivity index (χ0) is 51.0. The van der Waals surface area contributed by atoms with Crippen LogP contribution in [0.4, 0.5) is 0 Å². The highest BCUT2D eigenvalue weighted by Gasteiger charge is 2.38. The van der Waals surface area contributed by atoms with Crippen molar-refractivity contribution in [1.29, 1.82) is 0 Å². The highest BCUT2D eigenvalue weighted by molar-refractivity contribution is 5.98. The number of nitrogens with one attached hydrogen (secondary N) is 6. The van der Waals surface area contributed by atoms with Gasteiger partial charge < -0.3 is 59.7 Å². The van der Waals surface area contributed by atoms with Crippen LogP contribution >= 0.6 is 0 Å². The van der Waals surface area contributed by atoms with Gasteiger partial charge >= 0.3 is 0 Å². The minimum atomic E-state index is -1.27. The number of aliphatic imine (C=N–C) groups is 2. The molecule has 14 N–H and O–H groups in total. The topological polar surface area (TPSA) is 324 Å². The molecule has 378 valence electrons. The van der Waals surface area contributed by atoms with E-state index in [0.717, 1.165) is 21.5 Å². The number of rotatable bonds is 14. The van der Waals surface area contributed by atoms with E-state index in [9.17, 15) is 33.6 Å². The second kappa shape index (κ2) is 25.2. The van der Waals surface area contributed by atoms with Gasteiger partial charge in [0.25, 0.3) is 0 Å². The molecule has 0 radical (unpaired) electrons. The van der Waals surface area contributed by atoms with Crippen molar-refractivity contribution in [3.8, 4) is 0 Å². The molecule has 0 aliphatic carbocycles. The second-order valence-corrected chi connectivity index (χ2v) is 18.6. The number of nitrogens with zero attached hydrogens (tertiary/aromatic N) is 3. The van der Waals surface area contributed by atoms with Crippen molar-refractivity contribution >= 4 is 74.8 Å². The van der Waals surface area contributed by atoms with E-state index in [1.165, 1.54) is 4.90 Å². The van der Waals surface area contributed by atoms with Gasteiger partial charge in [-0.25, -0.2) is 0 Å². The number of carbonyl (C=O) groups excluding carboxylic acids is 7. The Morgan fingerprint density at radius 1 is 0.563 bits per heavy atom. The molecule has 2 fully saturated rings. The largest absolute Gasteiger partial charge is 0.370 e. The molecule has 7 amide bonds. The number of amides is 7. The van der Waals surface area contributed by atoms with Crippen LogP contribution in [0.5, 0.6) is 0 Å². The van der Waals surface area contributed by atoms with E-state index < -0.39 is 84.1 Å². The molecule has 2 saturated heterocycles. The first-order valence-corrected chi connectivity index (χ1v) is 24.2. The van der Waals surface area contributed by atoms with Crippen molar-refractivity contribution in [2.24, 2.45) is 38.8 Å². The molecule has 20 heteroatoms. The highest BCUT2D eigenvalue weighted by atomic mass is 16.2. The molecular weight excluding hydrogens is 907 g/mol. The van der Waals surface area contributed by atoms with Crippen LogP contribution in [0.3, 0.4) is 0 Å². The van der Waals surface area contributed by atoms with Gasteiger partial charge in [0.15, 0.2) is 11.9 Å². The van der Waals surface area contributed by atoms with Gasteiger partial charge in [0, 0.05) is 32.5 Å². The summed E-state index contributed by atoms with van der Waals surface area (Å²) < 4.78 is 0. The minimum absolute atomic E-state index is 0.00650. The Balaban J connectivity index is 1.38. The first-order valence-electron chi connectivity index (χ1n) is 24.2. The van der Waals surface area contributed by atoms with Crippen LogP contribution in [0.1, 0.15) is 69.9 Å². The first kappa shape index (κ1) is 52.6. The number of guanidine groups is 2. The Morgan fingerprint density at radius 2 is 1.00 bits per heavy atom. The lowest BCUT2D eigenvalue weighted by Crippen LogP contribution is -2.60. The van der Waals surface area contributed by atoms with E-state index in [4.69, 9.17) is 22.9 Å². The van der Waals surface area contributed by atoms with Gasteiger partial charge in [-0.1, -0.05) is 98.8 Å². The van der Waals surface area contributed by atoms with Gasteiger partial charge in [-0.2, -0.15) is 0 Å². The average Bonchev–Trinajstić information content (AvgIpc) is 3.84. The summed E-state index contributed by atoms with van der Waals surface area (Å²) in [6.07, 6.45) is 1.48. The maximum Gasteiger partial charge on any atom is 0.243 e. The second-order valence-electron chi connectivity index (χ2n) is 18.6. The average molecular weight is 974 g/mol. The number of hydrogen-bond acceptors (Lipinski definition) is 9. The van der Waals surface area contributed by atoms with Crippen molar-refractivity contribution in [2.45, 2.75) is 108 Å². The number of carbonyl (C=O) groups is 7. The summed E-state index contributed by atoms with van der Waals surface area (Å²) in [7, 11) is 0. The maximum absolute atomic E-state index is 14.7. The van der Waals surface area contributed by atoms with Gasteiger partial charge in [0.2, 0.25) is 41.4 Å². The zero-order valence-corrected chi connectivity index (χ0v) is 40.3. The minimum Gasteiger partial charge on any atom is -0.370 e. The van der Waals surface area contributed by atoms with Gasteiger partial charge in [0.1, 0.15) is 36.3 Å². The summed E-state index contributed by atoms with van der Waals surface area (Å²) in [6.45, 7) is 3.70. The van der Waals surface area contributed by atoms with Crippen molar-refractivity contribution in [2.75, 3.05) is 26.2 Å². The van der Waals surface area contributed by atoms with Crippen LogP contribution in [0.2, 0.25) is 0 Å². The standard InChI is InChI=1S/C51H67N13O7/c1-30(2)24-39-47(69)59-37(14-7-21-56-50(52)53)45(67)62-40(27-31-17-19-33-10-3-5-12-35(33)25-31)44(66)58-29-43(65)64-23-9-16-42(64)49(71)60-38(15-8-22-57-51(54)55)46(68)63-41(48(70)61-39)28-32-18-20-34-11-4-6-13-36(34)26-32/h3-6,10-13,17-20,25-26,30,37-42H,7-9,14-16,21-24,27-29H2,1-2H3,(H,58,66)(H,59,69)(H,60,71)(H,61,70)(H,62,67)(H,63,68)(H4,52,53,56)(H4,54,55,57)/t37-,38-,39-,40-,41-,42-/m0/s1. The number of nitrogens with two attached hydrogens (primary N) is 4. The third-order valence-electron chi connectivity index (χ3n) is 12.6. The fourth-order valence-corrected chi connectivity index (χ4v) is 8.95. The van der Waals surface area contributed by atoms with Crippen molar-refractivity contribution in [3.63, 3.8) is 0 Å². The Hall–Kier alpha value is -7.77. The van der Waals surface area contributed by atoms with E-state index in [-0.39, 0.29) is 88.8 Å². The molecule has 6 atom stereocenters. The normalized spacial score (nSPS) is 22.0. The summed E-state index contributed by atoms with van der Waals surface area (Å²) in [5, 5.41) is 20.6. The molecule has 0 bridgehead atoms. The molecule has 2 aliphatic heterocycles. The van der Waals surface area contributed by atoms with Gasteiger partial charge in [-0.3, -0.25) is 43.5 Å². The first-order chi connectivity index (χ1) is 34.0. The zero-order valence-electron chi connectivity index (χ0n) is 40.3. The van der Waals surface area contributed by atoms with E-state index in [1.54, 1.807) is 0 Å². The highest BCUT2D eigenvalue weighted by Crippen LogP contribution is 2.21. The fraction of sp³-hybridized carbons (Fsp3) is 0.431. The number of hydrogen-bond donors (Lipinski definition) is 10. The van der Waals surface area contributed by atoms with Crippen molar-refractivity contribution in [1.82, 2.24) is 36.8 Å². The van der Waals surface area contributed by atoms with Crippen LogP contribution in [-0.4, -0.2) is 121 Å². The van der Waals surface area contributed by atoms with Crippen LogP contribution in [-0.2, 0) is 46.4 Å². The third-order valence-corrected chi connectivity index (χ3v) is 12.6. The fourth-order valence-electron chi connectivity index (χ4n) is 8.95. The van der Waals surface area contributed by atoms with Gasteiger partial charge in [-0.15, -0.1) is 0 Å². The molecule has 71 heavy (non-hydrogen) atoms. The Bertz CT molecular complexity index is 2630. The number of benzene rings is 4. The Labute approximate surface area is 412 Å². The molecule has 4 aromatic carbocycles. The van der Waals surface area contributed by atoms with Crippen LogP contribution in [0.15, 0.2) is 94.9 Å². The number of fused-ring (bicyclic) bond motifs is 3. The van der Waals surface area contributed by atoms with Gasteiger partial charge in [0.05, 0.1) is 6.54 Å². The molecule has 2 heterocycles. The molecule has 0 spiro atoms. The molecule has 0 saturated carbocycles. The van der Waals surface area contributed by atoms with E-state index in [1.807, 2.05) is 98.8 Å². The SMILES string of the molecule is CC(C)C[C@@H]1NC(=O)[C@H](Cc2ccc3ccccc3c2)NC(=O)[C@H](CCCN=C(N)N)NC(=O)[C@@H]2CCCN2C(=O)CNC(=O)[C@H](Cc2ccc3ccccc3c2)NC(=O)[C@H](CCCN=C(N)N)NC1=O. The summed E-state index contributed by atoms with van der Waals surface area (Å²) >= 11 is 0. The Morgan fingerprint density at radius 3 is 1.51 bits per heavy atom. The maximum atomic E-state index is 14.7. The van der Waals surface area contributed by atoms with E-state index in [0.29, 0.717) is 17.5 Å². The van der Waals surface area contributed by atoms with Crippen LogP contribution in [0.25, 0.3) is 21.5 Å². The summed E-state index contributed by atoms with van der Waals surface area (Å²) in [6, 6.07) is 19.5. The predicted octanol–water partition coefficient (Wildman–Crippen LogP) is 0.476. The summed E-state index contributed by atoms with van der Waals surface area (Å²) in [4.78, 5) is 110. The smallest absolute Gasteiger partial charge is 0.243 e. The van der Waals surface area contributed by atoms with Crippen LogP contribution < -0.4 is 54.8 Å². The monoisotopic (exact) mass is 974 g/mol. The van der Waals surface area contributed by atoms with Crippen LogP contribution in [0, 0.1) is 5.92 Å². The lowest BCUT2D eigenvalue weighted by molar-refractivity contribution is -0.140. The lowest BCUT2D eigenvalue weighted by Gasteiger charge is -2.28. The summed E-state index contributed by atoms with van der Waals surface area (Å²) in [5.41, 5.74) is 23.7. The molecule has 2 aliphatic rings. The van der Waals surface area contributed by atoms with Crippen molar-refractivity contribution < 1.29 is 33.6 Å². The lowest BCUT2D eigenvalue weighted by atomic mass is 9.98. The van der Waals surface area contributed by atoms with Crippen molar-refractivity contribution in [3.05, 3.63) is 96.1 Å². The molecular formula is C51H67N13O7. The summed E-state index contributed by atoms with van der Waals surface area (Å²) in [5.74, 6) is -5.09. The van der Waals surface area contributed by atoms with E-state index >= 15 is 0 Å². The van der Waals surface area contributed by atoms with E-state index in [2.05, 4.69) is 41.9 Å². The molecule has 4 aromatic rings. The quantitative estimate of drug-likeness (QED) is 0.0471. The molecule has 20 nitrogen and oxygen atoms in total. The predicted molar refractivity (Wildman–Crippen MR) is 272 cm³/mol. The van der Waals surface area contributed by atoms with Gasteiger partial charge in [-0.05, 0) is 83.5 Å². The molecule has 6 rings (SSSR count). The molecule has 0 aromatic heterocycles. The third kappa shape index (κ3) is 15.4. The molecule has 0 unspecified atom stereocenters.